The minimum absolute atomic E-state index is 0.0477. The van der Waals surface area contributed by atoms with Crippen LogP contribution in [0.4, 0.5) is 0 Å². The molecule has 0 bridgehead atoms. The van der Waals surface area contributed by atoms with Gasteiger partial charge in [-0.1, -0.05) is 78.0 Å². The third kappa shape index (κ3) is 6.27. The summed E-state index contributed by atoms with van der Waals surface area (Å²) in [6.45, 7) is 2.34. The highest BCUT2D eigenvalue weighted by molar-refractivity contribution is 7.99. The van der Waals surface area contributed by atoms with Gasteiger partial charge in [0.15, 0.2) is 5.16 Å². The fourth-order valence-corrected chi connectivity index (χ4v) is 4.78. The molecule has 0 spiro atoms. The number of aromatic nitrogens is 2. The van der Waals surface area contributed by atoms with Gasteiger partial charge in [0, 0.05) is 11.1 Å². The van der Waals surface area contributed by atoms with Crippen LogP contribution in [-0.2, 0) is 17.8 Å². The Labute approximate surface area is 208 Å². The van der Waals surface area contributed by atoms with E-state index in [9.17, 15) is 9.59 Å². The number of carbonyl (C=O) groups excluding carboxylic acids is 1. The summed E-state index contributed by atoms with van der Waals surface area (Å²) in [6, 6.07) is 24.9. The van der Waals surface area contributed by atoms with E-state index < -0.39 is 0 Å². The Balaban J connectivity index is 1.47. The molecule has 0 fully saturated rings. The lowest BCUT2D eigenvalue weighted by molar-refractivity contribution is -0.119. The molecule has 1 amide bonds. The van der Waals surface area contributed by atoms with E-state index in [4.69, 9.17) is 16.6 Å². The number of aryl methyl sites for hydroxylation is 1. The average molecular weight is 492 g/mol. The molecule has 3 aromatic carbocycles. The maximum Gasteiger partial charge on any atom is 0.262 e. The number of halogens is 1. The lowest BCUT2D eigenvalue weighted by Crippen LogP contribution is -2.34. The number of rotatable bonds is 9. The highest BCUT2D eigenvalue weighted by Gasteiger charge is 2.15. The van der Waals surface area contributed by atoms with Gasteiger partial charge < -0.3 is 5.32 Å². The van der Waals surface area contributed by atoms with Crippen LogP contribution in [0.15, 0.2) is 88.8 Å². The lowest BCUT2D eigenvalue weighted by Gasteiger charge is -2.15. The summed E-state index contributed by atoms with van der Waals surface area (Å²) in [6.07, 6.45) is 1.76. The molecule has 0 aliphatic heterocycles. The van der Waals surface area contributed by atoms with Gasteiger partial charge in [0.25, 0.3) is 5.56 Å². The molecule has 4 rings (SSSR count). The van der Waals surface area contributed by atoms with Crippen LogP contribution in [-0.4, -0.2) is 27.3 Å². The van der Waals surface area contributed by atoms with E-state index in [2.05, 4.69) is 17.4 Å². The molecule has 0 unspecified atom stereocenters. The van der Waals surface area contributed by atoms with Gasteiger partial charge in [0.05, 0.1) is 23.2 Å². The second-order valence-corrected chi connectivity index (χ2v) is 9.59. The van der Waals surface area contributed by atoms with E-state index in [0.29, 0.717) is 27.6 Å². The van der Waals surface area contributed by atoms with E-state index in [-0.39, 0.29) is 23.3 Å². The minimum Gasteiger partial charge on any atom is -0.353 e. The Morgan fingerprint density at radius 1 is 1.03 bits per heavy atom. The molecular weight excluding hydrogens is 466 g/mol. The molecule has 0 saturated heterocycles. The zero-order valence-electron chi connectivity index (χ0n) is 18.9. The van der Waals surface area contributed by atoms with Crippen LogP contribution in [0.5, 0.6) is 0 Å². The number of para-hydroxylation sites is 1. The number of amides is 1. The second-order valence-electron chi connectivity index (χ2n) is 8.21. The van der Waals surface area contributed by atoms with Crippen LogP contribution in [0.2, 0.25) is 5.02 Å². The summed E-state index contributed by atoms with van der Waals surface area (Å²) < 4.78 is 1.62. The first-order valence-electron chi connectivity index (χ1n) is 11.2. The Morgan fingerprint density at radius 3 is 2.56 bits per heavy atom. The Kier molecular flexibility index (Phi) is 8.03. The number of hydrogen-bond donors (Lipinski definition) is 1. The zero-order chi connectivity index (χ0) is 23.9. The van der Waals surface area contributed by atoms with Gasteiger partial charge in [-0.05, 0) is 55.2 Å². The van der Waals surface area contributed by atoms with Gasteiger partial charge >= 0.3 is 0 Å². The molecule has 7 heteroatoms. The smallest absolute Gasteiger partial charge is 0.262 e. The Hall–Kier alpha value is -3.09. The van der Waals surface area contributed by atoms with Crippen LogP contribution >= 0.6 is 23.4 Å². The maximum atomic E-state index is 13.3. The molecule has 0 aliphatic carbocycles. The van der Waals surface area contributed by atoms with Gasteiger partial charge in [-0.3, -0.25) is 14.2 Å². The summed E-state index contributed by atoms with van der Waals surface area (Å²) in [5, 5.41) is 4.72. The third-order valence-electron chi connectivity index (χ3n) is 5.50. The van der Waals surface area contributed by atoms with Crippen LogP contribution in [0.25, 0.3) is 10.9 Å². The third-order valence-corrected chi connectivity index (χ3v) is 6.72. The topological polar surface area (TPSA) is 64.0 Å². The van der Waals surface area contributed by atoms with Crippen molar-refractivity contribution in [2.45, 2.75) is 37.5 Å². The zero-order valence-corrected chi connectivity index (χ0v) is 20.5. The predicted octanol–water partition coefficient (Wildman–Crippen LogP) is 5.33. The molecule has 34 heavy (non-hydrogen) atoms. The van der Waals surface area contributed by atoms with Gasteiger partial charge in [0.1, 0.15) is 0 Å². The molecule has 4 aromatic rings. The standard InChI is InChI=1S/C27H26ClN3O2S/c1-19(14-15-20-8-3-2-4-9-20)29-25(32)18-34-27-30-24-13-6-5-12-23(24)26(33)31(27)17-21-10-7-11-22(28)16-21/h2-13,16,19H,14-15,17-18H2,1H3,(H,29,32)/t19-/m0/s1. The van der Waals surface area contributed by atoms with Crippen molar-refractivity contribution in [1.82, 2.24) is 14.9 Å². The number of fused-ring (bicyclic) bond motifs is 1. The van der Waals surface area contributed by atoms with Gasteiger partial charge in [0.2, 0.25) is 5.91 Å². The first-order valence-corrected chi connectivity index (χ1v) is 12.6. The predicted molar refractivity (Wildman–Crippen MR) is 140 cm³/mol. The molecule has 1 aromatic heterocycles. The maximum absolute atomic E-state index is 13.3. The summed E-state index contributed by atoms with van der Waals surface area (Å²) in [4.78, 5) is 30.6. The average Bonchev–Trinajstić information content (AvgIpc) is 2.84. The largest absolute Gasteiger partial charge is 0.353 e. The number of thioether (sulfide) groups is 1. The van der Waals surface area contributed by atoms with Gasteiger partial charge in [-0.2, -0.15) is 0 Å². The molecule has 174 valence electrons. The quantitative estimate of drug-likeness (QED) is 0.254. The monoisotopic (exact) mass is 491 g/mol. The Morgan fingerprint density at radius 2 is 1.76 bits per heavy atom. The van der Waals surface area contributed by atoms with Crippen LogP contribution in [0.1, 0.15) is 24.5 Å². The lowest BCUT2D eigenvalue weighted by atomic mass is 10.1. The number of nitrogens with one attached hydrogen (secondary N) is 1. The number of carbonyl (C=O) groups is 1. The first-order chi connectivity index (χ1) is 16.5. The summed E-state index contributed by atoms with van der Waals surface area (Å²) >= 11 is 7.41. The normalized spacial score (nSPS) is 11.9. The van der Waals surface area contributed by atoms with Crippen LogP contribution in [0, 0.1) is 0 Å². The molecule has 5 nitrogen and oxygen atoms in total. The highest BCUT2D eigenvalue weighted by atomic mass is 35.5. The van der Waals surface area contributed by atoms with Crippen molar-refractivity contribution >= 4 is 40.2 Å². The van der Waals surface area contributed by atoms with Crippen molar-refractivity contribution in [2.24, 2.45) is 0 Å². The number of hydrogen-bond acceptors (Lipinski definition) is 4. The molecule has 1 heterocycles. The van der Waals surface area contributed by atoms with E-state index in [1.54, 1.807) is 16.7 Å². The van der Waals surface area contributed by atoms with Crippen molar-refractivity contribution < 1.29 is 4.79 Å². The van der Waals surface area contributed by atoms with E-state index >= 15 is 0 Å². The molecular formula is C27H26ClN3O2S. The second kappa shape index (κ2) is 11.4. The molecule has 0 saturated carbocycles. The van der Waals surface area contributed by atoms with Gasteiger partial charge in [-0.25, -0.2) is 4.98 Å². The molecule has 0 radical (unpaired) electrons. The highest BCUT2D eigenvalue weighted by Crippen LogP contribution is 2.20. The number of nitrogens with zero attached hydrogens (tertiary/aromatic N) is 2. The van der Waals surface area contributed by atoms with E-state index in [0.717, 1.165) is 18.4 Å². The van der Waals surface area contributed by atoms with Crippen LogP contribution < -0.4 is 10.9 Å². The minimum atomic E-state index is -0.135. The van der Waals surface area contributed by atoms with E-state index in [1.807, 2.05) is 61.5 Å². The fraction of sp³-hybridized carbons (Fsp3) is 0.222. The summed E-state index contributed by atoms with van der Waals surface area (Å²) in [5.41, 5.74) is 2.63. The first kappa shape index (κ1) is 24.0. The Bertz CT molecular complexity index is 1340. The van der Waals surface area contributed by atoms with Crippen LogP contribution in [0.3, 0.4) is 0 Å². The fourth-order valence-electron chi connectivity index (χ4n) is 3.76. The number of benzene rings is 3. The van der Waals surface area contributed by atoms with Crippen molar-refractivity contribution in [3.05, 3.63) is 105 Å². The SMILES string of the molecule is C[C@@H](CCc1ccccc1)NC(=O)CSc1nc2ccccc2c(=O)n1Cc1cccc(Cl)c1. The molecule has 1 atom stereocenters. The molecule has 1 N–H and O–H groups in total. The van der Waals surface area contributed by atoms with E-state index in [1.165, 1.54) is 17.3 Å². The van der Waals surface area contributed by atoms with Crippen molar-refractivity contribution in [1.29, 1.82) is 0 Å². The summed E-state index contributed by atoms with van der Waals surface area (Å²) in [7, 11) is 0. The van der Waals surface area contributed by atoms with Crippen molar-refractivity contribution in [3.63, 3.8) is 0 Å². The molecule has 0 aliphatic rings. The van der Waals surface area contributed by atoms with Gasteiger partial charge in [-0.15, -0.1) is 0 Å². The van der Waals surface area contributed by atoms with Crippen molar-refractivity contribution in [3.8, 4) is 0 Å². The van der Waals surface area contributed by atoms with Crippen molar-refractivity contribution in [2.75, 3.05) is 5.75 Å². The summed E-state index contributed by atoms with van der Waals surface area (Å²) in [5.74, 6) is 0.0954.